The molecule has 4 nitrogen and oxygen atoms in total. The average Bonchev–Trinajstić information content (AvgIpc) is 2.35. The highest BCUT2D eigenvalue weighted by Gasteiger charge is 2.30. The first-order valence-electron chi connectivity index (χ1n) is 7.00. The van der Waals surface area contributed by atoms with Crippen molar-refractivity contribution in [3.05, 3.63) is 0 Å². The van der Waals surface area contributed by atoms with Crippen molar-refractivity contribution in [2.45, 2.75) is 51.3 Å². The van der Waals surface area contributed by atoms with Crippen molar-refractivity contribution in [3.63, 3.8) is 0 Å². The Kier molecular flexibility index (Phi) is 6.60. The van der Waals surface area contributed by atoms with Crippen molar-refractivity contribution in [1.29, 1.82) is 0 Å². The Morgan fingerprint density at radius 2 is 1.89 bits per heavy atom. The maximum Gasteiger partial charge on any atom is 0.154 e. The molecule has 0 bridgehead atoms. The van der Waals surface area contributed by atoms with Crippen LogP contribution in [0.3, 0.4) is 0 Å². The van der Waals surface area contributed by atoms with Gasteiger partial charge in [0.15, 0.2) is 9.84 Å². The third kappa shape index (κ3) is 4.86. The molecule has 1 saturated heterocycles. The summed E-state index contributed by atoms with van der Waals surface area (Å²) in [4.78, 5) is 0. The Morgan fingerprint density at radius 1 is 1.28 bits per heavy atom. The lowest BCUT2D eigenvalue weighted by atomic mass is 10.1. The van der Waals surface area contributed by atoms with Crippen molar-refractivity contribution in [2.24, 2.45) is 5.92 Å². The minimum atomic E-state index is -3.00. The molecule has 0 aromatic rings. The van der Waals surface area contributed by atoms with Gasteiger partial charge >= 0.3 is 0 Å². The normalized spacial score (nSPS) is 20.2. The van der Waals surface area contributed by atoms with E-state index in [2.05, 4.69) is 26.1 Å². The molecule has 0 amide bonds. The van der Waals surface area contributed by atoms with Gasteiger partial charge in [-0.05, 0) is 31.7 Å². The van der Waals surface area contributed by atoms with Crippen molar-refractivity contribution in [3.8, 4) is 0 Å². The fraction of sp³-hybridized carbons (Fsp3) is 1.00. The van der Waals surface area contributed by atoms with E-state index in [1.54, 1.807) is 0 Å². The first-order valence-corrected chi connectivity index (χ1v) is 8.71. The van der Waals surface area contributed by atoms with Gasteiger partial charge in [0.2, 0.25) is 0 Å². The fourth-order valence-electron chi connectivity index (χ4n) is 2.24. The van der Waals surface area contributed by atoms with E-state index in [1.807, 2.05) is 0 Å². The number of ether oxygens (including phenoxy) is 1. The first-order chi connectivity index (χ1) is 8.47. The summed E-state index contributed by atoms with van der Waals surface area (Å²) in [5, 5.41) is 3.16. The van der Waals surface area contributed by atoms with Crippen molar-refractivity contribution < 1.29 is 13.2 Å². The van der Waals surface area contributed by atoms with Crippen molar-refractivity contribution in [1.82, 2.24) is 5.32 Å². The van der Waals surface area contributed by atoms with E-state index in [-0.39, 0.29) is 17.0 Å². The number of nitrogens with one attached hydrogen (secondary N) is 1. The second-order valence-corrected chi connectivity index (χ2v) is 7.77. The highest BCUT2D eigenvalue weighted by atomic mass is 32.2. The van der Waals surface area contributed by atoms with Gasteiger partial charge in [-0.25, -0.2) is 8.42 Å². The minimum Gasteiger partial charge on any atom is -0.381 e. The molecule has 0 aliphatic carbocycles. The van der Waals surface area contributed by atoms with Crippen LogP contribution in [0, 0.1) is 5.92 Å². The Hall–Kier alpha value is -0.130. The lowest BCUT2D eigenvalue weighted by molar-refractivity contribution is 0.0983. The lowest BCUT2D eigenvalue weighted by Crippen LogP contribution is -2.43. The van der Waals surface area contributed by atoms with Crippen molar-refractivity contribution in [2.75, 3.05) is 25.5 Å². The van der Waals surface area contributed by atoms with Gasteiger partial charge in [0.25, 0.3) is 0 Å². The molecule has 0 saturated carbocycles. The lowest BCUT2D eigenvalue weighted by Gasteiger charge is -2.27. The maximum atomic E-state index is 12.4. The van der Waals surface area contributed by atoms with Gasteiger partial charge in [0.05, 0.1) is 11.0 Å². The van der Waals surface area contributed by atoms with E-state index in [0.29, 0.717) is 32.0 Å². The van der Waals surface area contributed by atoms with E-state index < -0.39 is 9.84 Å². The van der Waals surface area contributed by atoms with E-state index in [1.165, 1.54) is 0 Å². The summed E-state index contributed by atoms with van der Waals surface area (Å²) in [6, 6.07) is 0.0674. The maximum absolute atomic E-state index is 12.4. The second-order valence-electron chi connectivity index (χ2n) is 5.45. The van der Waals surface area contributed by atoms with Crippen LogP contribution in [-0.2, 0) is 14.6 Å². The van der Waals surface area contributed by atoms with E-state index in [0.717, 1.165) is 13.0 Å². The summed E-state index contributed by atoms with van der Waals surface area (Å²) in [6.45, 7) is 8.29. The number of hydrogen-bond acceptors (Lipinski definition) is 4. The first kappa shape index (κ1) is 15.9. The minimum absolute atomic E-state index is 0.0674. The number of hydrogen-bond donors (Lipinski definition) is 1. The highest BCUT2D eigenvalue weighted by Crippen LogP contribution is 2.19. The summed E-state index contributed by atoms with van der Waals surface area (Å²) in [7, 11) is -3.00. The van der Waals surface area contributed by atoms with Crippen LogP contribution in [0.25, 0.3) is 0 Å². The molecule has 1 heterocycles. The molecule has 0 radical (unpaired) electrons. The Balaban J connectivity index is 2.59. The van der Waals surface area contributed by atoms with Gasteiger partial charge in [-0.3, -0.25) is 0 Å². The summed E-state index contributed by atoms with van der Waals surface area (Å²) in [5.41, 5.74) is 0. The van der Waals surface area contributed by atoms with Gasteiger partial charge in [-0.15, -0.1) is 0 Å². The molecule has 0 aromatic carbocycles. The second kappa shape index (κ2) is 7.46. The van der Waals surface area contributed by atoms with Gasteiger partial charge in [-0.1, -0.05) is 20.8 Å². The molecular formula is C13H27NO3S. The van der Waals surface area contributed by atoms with Crippen LogP contribution in [0.4, 0.5) is 0 Å². The SMILES string of the molecule is CCCNC(CS(=O)(=O)C1CCOCC1)C(C)C. The van der Waals surface area contributed by atoms with E-state index >= 15 is 0 Å². The zero-order chi connectivity index (χ0) is 13.6. The molecule has 1 rings (SSSR count). The zero-order valence-electron chi connectivity index (χ0n) is 11.8. The van der Waals surface area contributed by atoms with Crippen LogP contribution in [0.15, 0.2) is 0 Å². The van der Waals surface area contributed by atoms with Gasteiger partial charge in [0.1, 0.15) is 0 Å². The molecule has 18 heavy (non-hydrogen) atoms. The third-order valence-electron chi connectivity index (χ3n) is 3.55. The Labute approximate surface area is 111 Å². The summed E-state index contributed by atoms with van der Waals surface area (Å²) < 4.78 is 30.0. The molecule has 0 aromatic heterocycles. The quantitative estimate of drug-likeness (QED) is 0.768. The van der Waals surface area contributed by atoms with Gasteiger partial charge in [-0.2, -0.15) is 0 Å². The molecule has 1 N–H and O–H groups in total. The predicted molar refractivity (Wildman–Crippen MR) is 74.5 cm³/mol. The van der Waals surface area contributed by atoms with Crippen molar-refractivity contribution >= 4 is 9.84 Å². The molecule has 5 heteroatoms. The van der Waals surface area contributed by atoms with E-state index in [4.69, 9.17) is 4.74 Å². The molecule has 1 aliphatic heterocycles. The predicted octanol–water partition coefficient (Wildman–Crippen LogP) is 1.60. The van der Waals surface area contributed by atoms with Crippen LogP contribution < -0.4 is 5.32 Å². The summed E-state index contributed by atoms with van der Waals surface area (Å²) in [5.74, 6) is 0.598. The van der Waals surface area contributed by atoms with Gasteiger partial charge < -0.3 is 10.1 Å². The smallest absolute Gasteiger partial charge is 0.154 e. The molecule has 108 valence electrons. The standard InChI is InChI=1S/C13H27NO3S/c1-4-7-14-13(11(2)3)10-18(15,16)12-5-8-17-9-6-12/h11-14H,4-10H2,1-3H3. The average molecular weight is 277 g/mol. The molecule has 1 unspecified atom stereocenters. The van der Waals surface area contributed by atoms with Crippen LogP contribution >= 0.6 is 0 Å². The Bertz CT molecular complexity index is 321. The topological polar surface area (TPSA) is 55.4 Å². The van der Waals surface area contributed by atoms with Gasteiger partial charge in [0, 0.05) is 19.3 Å². The fourth-order valence-corrected chi connectivity index (χ4v) is 4.42. The molecule has 1 fully saturated rings. The van der Waals surface area contributed by atoms with E-state index in [9.17, 15) is 8.42 Å². The molecule has 1 aliphatic rings. The highest BCUT2D eigenvalue weighted by molar-refractivity contribution is 7.92. The number of rotatable bonds is 7. The molecule has 0 spiro atoms. The van der Waals surface area contributed by atoms with Crippen LogP contribution in [0.2, 0.25) is 0 Å². The third-order valence-corrected chi connectivity index (χ3v) is 5.86. The van der Waals surface area contributed by atoms with Crippen LogP contribution in [-0.4, -0.2) is 45.2 Å². The summed E-state index contributed by atoms with van der Waals surface area (Å²) >= 11 is 0. The molecular weight excluding hydrogens is 250 g/mol. The number of sulfone groups is 1. The largest absolute Gasteiger partial charge is 0.381 e. The monoisotopic (exact) mass is 277 g/mol. The summed E-state index contributed by atoms with van der Waals surface area (Å²) in [6.07, 6.45) is 2.34. The Morgan fingerprint density at radius 3 is 2.39 bits per heavy atom. The zero-order valence-corrected chi connectivity index (χ0v) is 12.6. The van der Waals surface area contributed by atoms with Crippen LogP contribution in [0.1, 0.15) is 40.0 Å². The van der Waals surface area contributed by atoms with Crippen LogP contribution in [0.5, 0.6) is 0 Å². The molecule has 1 atom stereocenters.